The van der Waals surface area contributed by atoms with Crippen molar-refractivity contribution < 1.29 is 0 Å². The van der Waals surface area contributed by atoms with E-state index >= 15 is 0 Å². The van der Waals surface area contributed by atoms with Crippen molar-refractivity contribution in [2.24, 2.45) is 0 Å². The van der Waals surface area contributed by atoms with Crippen LogP contribution in [0.1, 0.15) is 30.7 Å². The van der Waals surface area contributed by atoms with Crippen molar-refractivity contribution in [2.45, 2.75) is 19.3 Å². The van der Waals surface area contributed by atoms with Crippen LogP contribution in [0.3, 0.4) is 0 Å². The maximum absolute atomic E-state index is 12.2. The van der Waals surface area contributed by atoms with Crippen molar-refractivity contribution in [3.63, 3.8) is 0 Å². The third kappa shape index (κ3) is 3.51. The highest BCUT2D eigenvalue weighted by atomic mass is 35.5. The van der Waals surface area contributed by atoms with Crippen molar-refractivity contribution >= 4 is 39.3 Å². The van der Waals surface area contributed by atoms with Gasteiger partial charge in [0, 0.05) is 18.8 Å². The van der Waals surface area contributed by atoms with Crippen LogP contribution in [-0.4, -0.2) is 23.1 Å². The zero-order valence-electron chi connectivity index (χ0n) is 14.4. The van der Waals surface area contributed by atoms with E-state index < -0.39 is 0 Å². The smallest absolute Gasteiger partial charge is 0.259 e. The van der Waals surface area contributed by atoms with Crippen LogP contribution in [0.25, 0.3) is 22.0 Å². The average molecular weight is 366 g/mol. The van der Waals surface area contributed by atoms with Crippen LogP contribution in [0, 0.1) is 0 Å². The first kappa shape index (κ1) is 16.9. The highest BCUT2D eigenvalue weighted by Crippen LogP contribution is 2.23. The van der Waals surface area contributed by atoms with Gasteiger partial charge in [-0.15, -0.1) is 0 Å². The second-order valence-corrected chi connectivity index (χ2v) is 6.97. The number of benzene rings is 2. The molecule has 0 bridgehead atoms. The lowest BCUT2D eigenvalue weighted by molar-refractivity contribution is 0.578. The molecule has 1 N–H and O–H groups in total. The molecule has 0 amide bonds. The fourth-order valence-corrected chi connectivity index (χ4v) is 3.56. The minimum Gasteiger partial charge on any atom is -0.372 e. The zero-order chi connectivity index (χ0) is 17.9. The number of nitrogens with zero attached hydrogens (tertiary/aromatic N) is 2. The molecule has 0 spiro atoms. The summed E-state index contributed by atoms with van der Waals surface area (Å²) in [6, 6.07) is 15.6. The summed E-state index contributed by atoms with van der Waals surface area (Å²) < 4.78 is 0. The molecule has 0 aliphatic carbocycles. The molecule has 0 unspecified atom stereocenters. The third-order valence-electron chi connectivity index (χ3n) is 4.75. The number of rotatable bonds is 3. The quantitative estimate of drug-likeness (QED) is 0.735. The van der Waals surface area contributed by atoms with E-state index in [4.69, 9.17) is 11.6 Å². The van der Waals surface area contributed by atoms with Gasteiger partial charge in [0.2, 0.25) is 0 Å². The normalized spacial score (nSPS) is 15.4. The van der Waals surface area contributed by atoms with Gasteiger partial charge in [0.15, 0.2) is 5.82 Å². The van der Waals surface area contributed by atoms with Gasteiger partial charge in [-0.25, -0.2) is 4.98 Å². The van der Waals surface area contributed by atoms with Crippen molar-refractivity contribution in [3.05, 3.63) is 70.3 Å². The van der Waals surface area contributed by atoms with E-state index in [1.54, 1.807) is 6.07 Å². The summed E-state index contributed by atoms with van der Waals surface area (Å²) >= 11 is 6.42. The van der Waals surface area contributed by atoms with E-state index in [2.05, 4.69) is 27.0 Å². The monoisotopic (exact) mass is 365 g/mol. The summed E-state index contributed by atoms with van der Waals surface area (Å²) in [5.74, 6) is 0.385. The minimum absolute atomic E-state index is 0.183. The molecule has 26 heavy (non-hydrogen) atoms. The van der Waals surface area contributed by atoms with Gasteiger partial charge < -0.3 is 9.88 Å². The molecule has 0 radical (unpaired) electrons. The molecule has 5 heteroatoms. The highest BCUT2D eigenvalue weighted by molar-refractivity contribution is 6.50. The van der Waals surface area contributed by atoms with Crippen LogP contribution in [0.5, 0.6) is 0 Å². The van der Waals surface area contributed by atoms with Gasteiger partial charge in [-0.3, -0.25) is 4.79 Å². The lowest BCUT2D eigenvalue weighted by atomic mass is 10.1. The number of piperidine rings is 1. The molecule has 1 aromatic heterocycles. The first-order chi connectivity index (χ1) is 12.7. The Morgan fingerprint density at radius 1 is 1.04 bits per heavy atom. The summed E-state index contributed by atoms with van der Waals surface area (Å²) in [7, 11) is 0. The predicted octanol–water partition coefficient (Wildman–Crippen LogP) is 4.65. The van der Waals surface area contributed by atoms with Crippen LogP contribution >= 0.6 is 11.6 Å². The Morgan fingerprint density at radius 3 is 2.54 bits per heavy atom. The summed E-state index contributed by atoms with van der Waals surface area (Å²) in [4.78, 5) is 21.8. The lowest BCUT2D eigenvalue weighted by Gasteiger charge is -2.28. The largest absolute Gasteiger partial charge is 0.372 e. The number of H-pyrrole nitrogens is 1. The van der Waals surface area contributed by atoms with E-state index in [0.717, 1.165) is 18.7 Å². The number of fused-ring (bicyclic) bond motifs is 1. The van der Waals surface area contributed by atoms with Gasteiger partial charge in [-0.2, -0.15) is 0 Å². The molecule has 1 aliphatic rings. The first-order valence-corrected chi connectivity index (χ1v) is 9.30. The molecule has 4 rings (SSSR count). The van der Waals surface area contributed by atoms with Crippen molar-refractivity contribution in [1.82, 2.24) is 9.97 Å². The Morgan fingerprint density at radius 2 is 1.77 bits per heavy atom. The number of hydrogen-bond acceptors (Lipinski definition) is 3. The topological polar surface area (TPSA) is 49.0 Å². The fraction of sp³-hybridized carbons (Fsp3) is 0.238. The fourth-order valence-electron chi connectivity index (χ4n) is 3.35. The van der Waals surface area contributed by atoms with Crippen molar-refractivity contribution in [3.8, 4) is 0 Å². The van der Waals surface area contributed by atoms with Gasteiger partial charge in [-0.1, -0.05) is 35.9 Å². The molecule has 1 fully saturated rings. The molecule has 2 heterocycles. The van der Waals surface area contributed by atoms with Crippen LogP contribution < -0.4 is 10.5 Å². The number of aromatic amines is 1. The predicted molar refractivity (Wildman–Crippen MR) is 109 cm³/mol. The summed E-state index contributed by atoms with van der Waals surface area (Å²) in [6.07, 6.45) is 5.67. The van der Waals surface area contributed by atoms with E-state index in [1.165, 1.54) is 24.9 Å². The second kappa shape index (κ2) is 7.34. The van der Waals surface area contributed by atoms with Gasteiger partial charge in [-0.05, 0) is 55.2 Å². The molecule has 3 aromatic rings. The second-order valence-electron chi connectivity index (χ2n) is 6.56. The van der Waals surface area contributed by atoms with E-state index in [1.807, 2.05) is 36.4 Å². The Balaban J connectivity index is 1.60. The Hall–Kier alpha value is -2.59. The van der Waals surface area contributed by atoms with Crippen LogP contribution in [0.4, 0.5) is 5.69 Å². The van der Waals surface area contributed by atoms with Crippen molar-refractivity contribution in [2.75, 3.05) is 18.0 Å². The summed E-state index contributed by atoms with van der Waals surface area (Å²) in [6.45, 7) is 2.25. The molecule has 1 saturated heterocycles. The molecule has 0 atom stereocenters. The van der Waals surface area contributed by atoms with Crippen LogP contribution in [0.2, 0.25) is 0 Å². The summed E-state index contributed by atoms with van der Waals surface area (Å²) in [5, 5.41) is 0.977. The Kier molecular flexibility index (Phi) is 4.76. The van der Waals surface area contributed by atoms with Crippen LogP contribution in [-0.2, 0) is 0 Å². The number of nitrogens with one attached hydrogen (secondary N) is 1. The maximum atomic E-state index is 12.2. The molecule has 2 aromatic carbocycles. The average Bonchev–Trinajstić information content (AvgIpc) is 2.69. The molecule has 132 valence electrons. The Bertz CT molecular complexity index is 1000. The molecular weight excluding hydrogens is 346 g/mol. The molecular formula is C21H20ClN3O. The number of para-hydroxylation sites is 1. The van der Waals surface area contributed by atoms with Gasteiger partial charge >= 0.3 is 0 Å². The number of aromatic nitrogens is 2. The van der Waals surface area contributed by atoms with Gasteiger partial charge in [0.05, 0.1) is 15.9 Å². The minimum atomic E-state index is -0.183. The number of anilines is 1. The van der Waals surface area contributed by atoms with E-state index in [9.17, 15) is 4.79 Å². The first-order valence-electron chi connectivity index (χ1n) is 8.92. The number of halogens is 1. The zero-order valence-corrected chi connectivity index (χ0v) is 15.2. The number of hydrogen-bond donors (Lipinski definition) is 1. The molecule has 0 saturated carbocycles. The third-order valence-corrected chi connectivity index (χ3v) is 5.03. The lowest BCUT2D eigenvalue weighted by Crippen LogP contribution is -2.29. The highest BCUT2D eigenvalue weighted by Gasteiger charge is 2.11. The SMILES string of the molecule is O=c1[nH]c(/C(Cl)=C/c2ccc(N3CCCCC3)cc2)nc2ccccc12. The van der Waals surface area contributed by atoms with E-state index in [-0.39, 0.29) is 5.56 Å². The van der Waals surface area contributed by atoms with E-state index in [0.29, 0.717) is 21.8 Å². The maximum Gasteiger partial charge on any atom is 0.259 e. The van der Waals surface area contributed by atoms with Gasteiger partial charge in [0.25, 0.3) is 5.56 Å². The Labute approximate surface area is 157 Å². The van der Waals surface area contributed by atoms with Crippen LogP contribution in [0.15, 0.2) is 53.3 Å². The molecule has 4 nitrogen and oxygen atoms in total. The standard InChI is InChI=1S/C21H20ClN3O/c22-18(20-23-19-7-3-2-6-17(19)21(26)24-20)14-15-8-10-16(11-9-15)25-12-4-1-5-13-25/h2-3,6-11,14H,1,4-5,12-13H2,(H,23,24,26)/b18-14-. The van der Waals surface area contributed by atoms with Crippen molar-refractivity contribution in [1.29, 1.82) is 0 Å². The summed E-state index contributed by atoms with van der Waals surface area (Å²) in [5.41, 5.74) is 2.68. The van der Waals surface area contributed by atoms with Gasteiger partial charge in [0.1, 0.15) is 0 Å². The molecule has 1 aliphatic heterocycles.